The van der Waals surface area contributed by atoms with Crippen molar-refractivity contribution in [3.8, 4) is 0 Å². The van der Waals surface area contributed by atoms with Gasteiger partial charge in [-0.25, -0.2) is 0 Å². The Kier molecular flexibility index (Phi) is 1100. The molecule has 0 fully saturated rings. The van der Waals surface area contributed by atoms with Crippen molar-refractivity contribution in [1.82, 2.24) is 0 Å². The van der Waals surface area contributed by atoms with E-state index in [0.29, 0.717) is 0 Å². The first-order valence-corrected chi connectivity index (χ1v) is 0. The Morgan fingerprint density at radius 1 is 0.429 bits per heavy atom. The van der Waals surface area contributed by atoms with Gasteiger partial charge in [0.25, 0.3) is 0 Å². The van der Waals surface area contributed by atoms with Crippen LogP contribution in [0.1, 0.15) is 0 Å². The van der Waals surface area contributed by atoms with E-state index in [4.69, 9.17) is 0 Å². The topological polar surface area (TPSA) is 126 Å². The normalized spacial score (nSPS) is 0. The van der Waals surface area contributed by atoms with Gasteiger partial charge in [-0.05, 0) is 0 Å². The van der Waals surface area contributed by atoms with Crippen molar-refractivity contribution < 1.29 is 21.9 Å². The molecule has 0 aromatic carbocycles. The van der Waals surface area contributed by atoms with Gasteiger partial charge in [0.15, 0.2) is 0 Å². The van der Waals surface area contributed by atoms with Crippen LogP contribution in [0.5, 0.6) is 0 Å². The molecule has 0 aliphatic carbocycles. The zero-order valence-electron chi connectivity index (χ0n) is 4.71. The molecule has 0 aliphatic heterocycles. The summed E-state index contributed by atoms with van der Waals surface area (Å²) in [5.74, 6) is 0. The van der Waals surface area contributed by atoms with Gasteiger partial charge in [-0.1, -0.05) is 0 Å². The Bertz CT molecular complexity index is 9.65. The summed E-state index contributed by atoms with van der Waals surface area (Å²) in [6, 6.07) is 0. The summed E-state index contributed by atoms with van der Waals surface area (Å²) in [4.78, 5) is 0. The summed E-state index contributed by atoms with van der Waals surface area (Å²) in [5, 5.41) is 0. The maximum atomic E-state index is 0. The molecule has 4 radical (unpaired) electrons. The number of hydrogen-bond acceptors (Lipinski definition) is 0. The average molecular weight is 142 g/mol. The van der Waals surface area contributed by atoms with Crippen LogP contribution in [-0.4, -0.2) is 104 Å². The largest absolute Gasteiger partial charge is 0.412 e. The fourth-order valence-electron chi connectivity index (χ4n) is 0. The predicted octanol–water partition coefficient (Wildman–Crippen LogP) is -4.44. The van der Waals surface area contributed by atoms with E-state index >= 15 is 0 Å². The fourth-order valence-corrected chi connectivity index (χ4v) is 0. The summed E-state index contributed by atoms with van der Waals surface area (Å²) >= 11 is 0. The van der Waals surface area contributed by atoms with E-state index < -0.39 is 0 Å². The van der Waals surface area contributed by atoms with Gasteiger partial charge in [-0.15, -0.1) is 0 Å². The van der Waals surface area contributed by atoms with Crippen LogP contribution in [0, 0.1) is 0 Å². The van der Waals surface area contributed by atoms with Crippen LogP contribution in [0.2, 0.25) is 0 Å². The summed E-state index contributed by atoms with van der Waals surface area (Å²) in [6.45, 7) is 0. The molecule has 0 aromatic heterocycles. The van der Waals surface area contributed by atoms with E-state index in [9.17, 15) is 0 Å². The van der Waals surface area contributed by atoms with E-state index in [1.165, 1.54) is 0 Å². The quantitative estimate of drug-likeness (QED) is 0.303. The number of hydrogen-bond donors (Lipinski definition) is 0. The number of rotatable bonds is 0. The van der Waals surface area contributed by atoms with Gasteiger partial charge in [0.2, 0.25) is 0 Å². The van der Waals surface area contributed by atoms with Crippen LogP contribution in [0.15, 0.2) is 0 Å². The second-order valence-corrected chi connectivity index (χ2v) is 0. The van der Waals surface area contributed by atoms with Crippen LogP contribution in [-0.2, 0) is 0 Å². The van der Waals surface area contributed by atoms with Crippen LogP contribution < -0.4 is 0 Å². The summed E-state index contributed by atoms with van der Waals surface area (Å²) in [7, 11) is 0. The molecule has 4 nitrogen and oxygen atoms in total. The van der Waals surface area contributed by atoms with Gasteiger partial charge in [0.1, 0.15) is 0 Å². The van der Waals surface area contributed by atoms with E-state index in [1.54, 1.807) is 0 Å². The van der Waals surface area contributed by atoms with E-state index in [-0.39, 0.29) is 104 Å². The van der Waals surface area contributed by atoms with E-state index in [2.05, 4.69) is 0 Å². The molecule has 7 heavy (non-hydrogen) atoms. The molecule has 8 N–H and O–H groups in total. The third-order valence-electron chi connectivity index (χ3n) is 0. The minimum absolute atomic E-state index is 0. The van der Waals surface area contributed by atoms with Crippen molar-refractivity contribution in [3.05, 3.63) is 0 Å². The smallest absolute Gasteiger partial charge is 0 e. The Hall–Kier alpha value is 2.61. The van der Waals surface area contributed by atoms with Crippen molar-refractivity contribution in [2.75, 3.05) is 0 Å². The minimum atomic E-state index is 0. The summed E-state index contributed by atoms with van der Waals surface area (Å²) in [5.41, 5.74) is 0. The molecule has 0 aliphatic rings. The molecular formula is H8MgNa2O4. The van der Waals surface area contributed by atoms with Crippen LogP contribution in [0.3, 0.4) is 0 Å². The maximum Gasteiger partial charge on any atom is 0 e. The molecule has 7 heteroatoms. The Balaban J connectivity index is 0. The molecule has 0 spiro atoms. The Morgan fingerprint density at radius 2 is 0.429 bits per heavy atom. The Labute approximate surface area is 102 Å². The first kappa shape index (κ1) is 105. The van der Waals surface area contributed by atoms with E-state index in [1.807, 2.05) is 0 Å². The predicted molar refractivity (Wildman–Crippen MR) is 31.7 cm³/mol. The molecule has 0 saturated heterocycles. The van der Waals surface area contributed by atoms with Crippen LogP contribution in [0.4, 0.5) is 0 Å². The maximum absolute atomic E-state index is 0. The standard InChI is InChI=1S/Mg.2Na.4H2O/h;;;4*1H2. The third-order valence-corrected chi connectivity index (χ3v) is 0. The molecule has 0 amide bonds. The summed E-state index contributed by atoms with van der Waals surface area (Å²) < 4.78 is 0. The molecule has 0 atom stereocenters. The molecule has 36 valence electrons. The third kappa shape index (κ3) is 55.3. The van der Waals surface area contributed by atoms with Crippen LogP contribution >= 0.6 is 0 Å². The first-order chi connectivity index (χ1) is 0. The van der Waals surface area contributed by atoms with Crippen molar-refractivity contribution in [1.29, 1.82) is 0 Å². The molecule has 0 rings (SSSR count). The minimum Gasteiger partial charge on any atom is -0.412 e. The second-order valence-electron chi connectivity index (χ2n) is 0. The monoisotopic (exact) mass is 142 g/mol. The SMILES string of the molecule is O.O.O.O.[Mg].[Na].[Na]. The van der Waals surface area contributed by atoms with Crippen LogP contribution in [0.25, 0.3) is 0 Å². The average Bonchev–Trinajstić information content (AvgIpc) is 0. The zero-order valence-corrected chi connectivity index (χ0v) is 10.1. The van der Waals surface area contributed by atoms with Gasteiger partial charge in [-0.2, -0.15) is 0 Å². The zero-order chi connectivity index (χ0) is 0. The van der Waals surface area contributed by atoms with Crippen molar-refractivity contribution >= 4 is 82.2 Å². The van der Waals surface area contributed by atoms with Crippen molar-refractivity contribution in [2.24, 2.45) is 0 Å². The van der Waals surface area contributed by atoms with Crippen molar-refractivity contribution in [3.63, 3.8) is 0 Å². The molecular weight excluding hydrogens is 134 g/mol. The first-order valence-electron chi connectivity index (χ1n) is 0. The van der Waals surface area contributed by atoms with Crippen molar-refractivity contribution in [2.45, 2.75) is 0 Å². The van der Waals surface area contributed by atoms with Gasteiger partial charge in [0, 0.05) is 82.2 Å². The van der Waals surface area contributed by atoms with Gasteiger partial charge in [0.05, 0.1) is 0 Å². The van der Waals surface area contributed by atoms with Gasteiger partial charge < -0.3 is 21.9 Å². The van der Waals surface area contributed by atoms with Gasteiger partial charge >= 0.3 is 0 Å². The molecule has 0 aromatic rings. The Morgan fingerprint density at radius 3 is 0.429 bits per heavy atom. The summed E-state index contributed by atoms with van der Waals surface area (Å²) in [6.07, 6.45) is 0. The molecule has 0 heterocycles. The van der Waals surface area contributed by atoms with Gasteiger partial charge in [-0.3, -0.25) is 0 Å². The molecule has 0 bridgehead atoms. The van der Waals surface area contributed by atoms with E-state index in [0.717, 1.165) is 0 Å². The molecule has 0 saturated carbocycles. The fraction of sp³-hybridized carbons (Fsp3) is 0. The molecule has 0 unspecified atom stereocenters. The second kappa shape index (κ2) is 73.3.